The Labute approximate surface area is 104 Å². The Bertz CT molecular complexity index is 344. The molecule has 90 valence electrons. The minimum atomic E-state index is -0.303. The maximum atomic E-state index is 13.3. The van der Waals surface area contributed by atoms with Crippen LogP contribution in [0.2, 0.25) is 0 Å². The fourth-order valence-corrected chi connectivity index (χ4v) is 1.64. The van der Waals surface area contributed by atoms with Crippen LogP contribution in [-0.4, -0.2) is 18.3 Å². The van der Waals surface area contributed by atoms with Gasteiger partial charge in [0.1, 0.15) is 5.82 Å². The van der Waals surface area contributed by atoms with Crippen LogP contribution < -0.4 is 5.32 Å². The van der Waals surface area contributed by atoms with Gasteiger partial charge in [0.05, 0.1) is 17.1 Å². The molecule has 1 aromatic carbocycles. The Kier molecular flexibility index (Phi) is 5.38. The highest BCUT2D eigenvalue weighted by Crippen LogP contribution is 2.20. The van der Waals surface area contributed by atoms with Gasteiger partial charge in [0.2, 0.25) is 0 Å². The molecule has 0 aromatic heterocycles. The summed E-state index contributed by atoms with van der Waals surface area (Å²) in [4.78, 5) is 0. The molecule has 0 radical (unpaired) electrons. The van der Waals surface area contributed by atoms with E-state index >= 15 is 0 Å². The third-order valence-corrected chi connectivity index (χ3v) is 2.94. The maximum Gasteiger partial charge on any atom is 0.137 e. The molecule has 1 aromatic rings. The van der Waals surface area contributed by atoms with Crippen LogP contribution in [0.15, 0.2) is 22.7 Å². The Morgan fingerprint density at radius 1 is 1.44 bits per heavy atom. The fourth-order valence-electron chi connectivity index (χ4n) is 1.39. The van der Waals surface area contributed by atoms with Crippen LogP contribution in [0.25, 0.3) is 0 Å². The zero-order valence-electron chi connectivity index (χ0n) is 9.50. The van der Waals surface area contributed by atoms with Gasteiger partial charge in [-0.15, -0.1) is 0 Å². The highest BCUT2D eigenvalue weighted by molar-refractivity contribution is 9.10. The number of aliphatic hydroxyl groups is 1. The van der Waals surface area contributed by atoms with Crippen LogP contribution >= 0.6 is 15.9 Å². The van der Waals surface area contributed by atoms with Crippen molar-refractivity contribution in [3.63, 3.8) is 0 Å². The topological polar surface area (TPSA) is 32.3 Å². The molecule has 16 heavy (non-hydrogen) atoms. The summed E-state index contributed by atoms with van der Waals surface area (Å²) in [5.41, 5.74) is 0.767. The number of hydrogen-bond donors (Lipinski definition) is 2. The van der Waals surface area contributed by atoms with E-state index in [1.807, 2.05) is 0 Å². The molecule has 0 saturated carbocycles. The second-order valence-corrected chi connectivity index (χ2v) is 5.07. The summed E-state index contributed by atoms with van der Waals surface area (Å²) in [6.45, 7) is 4.93. The van der Waals surface area contributed by atoms with Crippen molar-refractivity contribution in [3.05, 3.63) is 34.1 Å². The monoisotopic (exact) mass is 289 g/mol. The fraction of sp³-hybridized carbons (Fsp3) is 0.500. The maximum absolute atomic E-state index is 13.3. The summed E-state index contributed by atoms with van der Waals surface area (Å²) in [6.07, 6.45) is 0. The van der Waals surface area contributed by atoms with Gasteiger partial charge in [-0.25, -0.2) is 4.39 Å². The molecule has 1 rings (SSSR count). The lowest BCUT2D eigenvalue weighted by Crippen LogP contribution is -2.28. The molecule has 0 aliphatic rings. The molecule has 0 aliphatic carbocycles. The predicted octanol–water partition coefficient (Wildman–Crippen LogP) is 2.87. The molecule has 1 unspecified atom stereocenters. The second kappa shape index (κ2) is 6.33. The van der Waals surface area contributed by atoms with Crippen LogP contribution in [0.1, 0.15) is 25.5 Å². The minimum Gasteiger partial charge on any atom is -0.394 e. The number of hydrogen-bond acceptors (Lipinski definition) is 2. The highest BCUT2D eigenvalue weighted by Gasteiger charge is 2.12. The van der Waals surface area contributed by atoms with E-state index in [2.05, 4.69) is 35.1 Å². The zero-order valence-corrected chi connectivity index (χ0v) is 11.1. The van der Waals surface area contributed by atoms with Crippen molar-refractivity contribution < 1.29 is 9.50 Å². The van der Waals surface area contributed by atoms with E-state index in [4.69, 9.17) is 0 Å². The Morgan fingerprint density at radius 3 is 2.62 bits per heavy atom. The third kappa shape index (κ3) is 3.85. The van der Waals surface area contributed by atoms with Crippen molar-refractivity contribution in [1.29, 1.82) is 0 Å². The molecule has 0 saturated heterocycles. The van der Waals surface area contributed by atoms with Crippen LogP contribution in [0, 0.1) is 11.7 Å². The molecule has 2 nitrogen and oxygen atoms in total. The molecule has 0 fully saturated rings. The minimum absolute atomic E-state index is 0.0339. The summed E-state index contributed by atoms with van der Waals surface area (Å²) in [7, 11) is 0. The van der Waals surface area contributed by atoms with Gasteiger partial charge in [0.15, 0.2) is 0 Å². The van der Waals surface area contributed by atoms with Crippen LogP contribution in [0.3, 0.4) is 0 Å². The van der Waals surface area contributed by atoms with E-state index in [1.54, 1.807) is 12.1 Å². The van der Waals surface area contributed by atoms with E-state index < -0.39 is 0 Å². The van der Waals surface area contributed by atoms with Gasteiger partial charge in [0, 0.05) is 0 Å². The molecule has 0 bridgehead atoms. The predicted molar refractivity (Wildman–Crippen MR) is 66.8 cm³/mol. The van der Waals surface area contributed by atoms with Crippen molar-refractivity contribution in [3.8, 4) is 0 Å². The van der Waals surface area contributed by atoms with Crippen molar-refractivity contribution in [2.75, 3.05) is 13.2 Å². The van der Waals surface area contributed by atoms with Crippen molar-refractivity contribution in [2.24, 2.45) is 5.92 Å². The number of nitrogens with one attached hydrogen (secondary N) is 1. The third-order valence-electron chi connectivity index (χ3n) is 2.30. The average molecular weight is 290 g/mol. The van der Waals surface area contributed by atoms with Crippen LogP contribution in [-0.2, 0) is 0 Å². The lowest BCUT2D eigenvalue weighted by atomic mass is 10.1. The van der Waals surface area contributed by atoms with Gasteiger partial charge >= 0.3 is 0 Å². The number of aliphatic hydroxyl groups excluding tert-OH is 1. The van der Waals surface area contributed by atoms with Crippen molar-refractivity contribution in [1.82, 2.24) is 5.32 Å². The molecule has 0 spiro atoms. The summed E-state index contributed by atoms with van der Waals surface area (Å²) >= 11 is 3.10. The van der Waals surface area contributed by atoms with Crippen LogP contribution in [0.5, 0.6) is 0 Å². The lowest BCUT2D eigenvalue weighted by Gasteiger charge is -2.18. The smallest absolute Gasteiger partial charge is 0.137 e. The Morgan fingerprint density at radius 2 is 2.12 bits per heavy atom. The van der Waals surface area contributed by atoms with Gasteiger partial charge in [-0.05, 0) is 46.1 Å². The van der Waals surface area contributed by atoms with Gasteiger partial charge in [0.25, 0.3) is 0 Å². The first-order chi connectivity index (χ1) is 7.54. The highest BCUT2D eigenvalue weighted by atomic mass is 79.9. The summed E-state index contributed by atoms with van der Waals surface area (Å²) in [5.74, 6) is 0.191. The molecular weight excluding hydrogens is 273 g/mol. The number of benzene rings is 1. The second-order valence-electron chi connectivity index (χ2n) is 4.21. The van der Waals surface area contributed by atoms with E-state index in [0.717, 1.165) is 12.1 Å². The summed E-state index contributed by atoms with van der Waals surface area (Å²) in [5, 5.41) is 12.5. The van der Waals surface area contributed by atoms with Gasteiger partial charge in [-0.3, -0.25) is 0 Å². The largest absolute Gasteiger partial charge is 0.394 e. The van der Waals surface area contributed by atoms with E-state index in [-0.39, 0.29) is 18.5 Å². The quantitative estimate of drug-likeness (QED) is 0.874. The molecule has 0 amide bonds. The Balaban J connectivity index is 2.74. The van der Waals surface area contributed by atoms with Crippen molar-refractivity contribution >= 4 is 15.9 Å². The Hall–Kier alpha value is -0.450. The first kappa shape index (κ1) is 13.6. The lowest BCUT2D eigenvalue weighted by molar-refractivity contribution is 0.240. The standard InChI is InChI=1S/C12H17BrFNO/c1-8(2)6-15-12(7-16)9-3-4-10(13)11(14)5-9/h3-5,8,12,15-16H,6-7H2,1-2H3. The van der Waals surface area contributed by atoms with E-state index in [0.29, 0.717) is 10.4 Å². The summed E-state index contributed by atoms with van der Waals surface area (Å²) in [6, 6.07) is 4.70. The molecule has 4 heteroatoms. The molecule has 0 aliphatic heterocycles. The first-order valence-electron chi connectivity index (χ1n) is 5.33. The van der Waals surface area contributed by atoms with E-state index in [9.17, 15) is 9.50 Å². The first-order valence-corrected chi connectivity index (χ1v) is 6.13. The molecule has 2 N–H and O–H groups in total. The zero-order chi connectivity index (χ0) is 12.1. The van der Waals surface area contributed by atoms with Gasteiger partial charge in [-0.1, -0.05) is 19.9 Å². The average Bonchev–Trinajstić information content (AvgIpc) is 2.23. The van der Waals surface area contributed by atoms with E-state index in [1.165, 1.54) is 6.07 Å². The van der Waals surface area contributed by atoms with Gasteiger partial charge in [-0.2, -0.15) is 0 Å². The number of rotatable bonds is 5. The van der Waals surface area contributed by atoms with Crippen molar-refractivity contribution in [2.45, 2.75) is 19.9 Å². The van der Waals surface area contributed by atoms with Gasteiger partial charge < -0.3 is 10.4 Å². The SMILES string of the molecule is CC(C)CNC(CO)c1ccc(Br)c(F)c1. The normalized spacial score (nSPS) is 13.1. The summed E-state index contributed by atoms with van der Waals surface area (Å²) < 4.78 is 13.8. The molecule has 1 atom stereocenters. The van der Waals surface area contributed by atoms with Crippen LogP contribution in [0.4, 0.5) is 4.39 Å². The molecular formula is C12H17BrFNO. The number of halogens is 2. The molecule has 0 heterocycles.